The van der Waals surface area contributed by atoms with Crippen LogP contribution >= 0.6 is 11.6 Å². The molecule has 0 fully saturated rings. The summed E-state index contributed by atoms with van der Waals surface area (Å²) in [6.07, 6.45) is 4.40. The van der Waals surface area contributed by atoms with Crippen LogP contribution in [0.1, 0.15) is 35.1 Å². The van der Waals surface area contributed by atoms with Gasteiger partial charge >= 0.3 is 0 Å². The van der Waals surface area contributed by atoms with Crippen LogP contribution in [0.2, 0.25) is 5.02 Å². The standard InChI is InChI=1S/C20H18ClN5O3/c1-29-17-5-4-12(21)9-13(17)20(28)25-15-3-2-8-26-18(27)10-16(24-19(15)26)14-6-7-22-11-23-14/h4-7,9-11,15H,2-3,8H2,1H3,(H,25,28). The number of nitrogens with one attached hydrogen (secondary N) is 1. The van der Waals surface area contributed by atoms with E-state index in [2.05, 4.69) is 20.3 Å². The van der Waals surface area contributed by atoms with Gasteiger partial charge < -0.3 is 10.1 Å². The third kappa shape index (κ3) is 3.84. The van der Waals surface area contributed by atoms with Crippen LogP contribution in [-0.2, 0) is 6.54 Å². The van der Waals surface area contributed by atoms with Crippen LogP contribution in [0.25, 0.3) is 11.4 Å². The minimum absolute atomic E-state index is 0.178. The van der Waals surface area contributed by atoms with Crippen molar-refractivity contribution in [3.8, 4) is 17.1 Å². The Morgan fingerprint density at radius 3 is 2.90 bits per heavy atom. The number of hydrogen-bond donors (Lipinski definition) is 1. The maximum atomic E-state index is 12.9. The summed E-state index contributed by atoms with van der Waals surface area (Å²) < 4.78 is 6.86. The summed E-state index contributed by atoms with van der Waals surface area (Å²) in [5, 5.41) is 3.40. The SMILES string of the molecule is COc1ccc(Cl)cc1C(=O)NC1CCCn2c1nc(-c1ccncn1)cc2=O. The van der Waals surface area contributed by atoms with Crippen molar-refractivity contribution < 1.29 is 9.53 Å². The summed E-state index contributed by atoms with van der Waals surface area (Å²) in [6, 6.07) is 7.57. The number of nitrogens with zero attached hydrogens (tertiary/aromatic N) is 4. The van der Waals surface area contributed by atoms with Crippen molar-refractivity contribution in [3.63, 3.8) is 0 Å². The fourth-order valence-electron chi connectivity index (χ4n) is 3.40. The second-order valence-electron chi connectivity index (χ2n) is 6.60. The minimum Gasteiger partial charge on any atom is -0.496 e. The van der Waals surface area contributed by atoms with Gasteiger partial charge in [0, 0.05) is 23.8 Å². The van der Waals surface area contributed by atoms with E-state index in [1.807, 2.05) is 0 Å². The molecule has 1 aliphatic heterocycles. The van der Waals surface area contributed by atoms with Gasteiger partial charge in [0.05, 0.1) is 30.1 Å². The molecular weight excluding hydrogens is 394 g/mol. The average molecular weight is 412 g/mol. The summed E-state index contributed by atoms with van der Waals surface area (Å²) in [7, 11) is 1.49. The highest BCUT2D eigenvalue weighted by molar-refractivity contribution is 6.31. The highest BCUT2D eigenvalue weighted by Crippen LogP contribution is 2.27. The van der Waals surface area contributed by atoms with E-state index in [1.165, 1.54) is 19.5 Å². The van der Waals surface area contributed by atoms with Crippen LogP contribution < -0.4 is 15.6 Å². The first-order valence-electron chi connectivity index (χ1n) is 9.09. The van der Waals surface area contributed by atoms with Gasteiger partial charge in [-0.25, -0.2) is 15.0 Å². The number of benzene rings is 1. The molecule has 1 amide bonds. The highest BCUT2D eigenvalue weighted by atomic mass is 35.5. The first-order chi connectivity index (χ1) is 14.1. The molecule has 0 spiro atoms. The van der Waals surface area contributed by atoms with E-state index in [0.717, 1.165) is 6.42 Å². The molecule has 0 saturated heterocycles. The molecule has 1 N–H and O–H groups in total. The van der Waals surface area contributed by atoms with Crippen molar-refractivity contribution in [2.75, 3.05) is 7.11 Å². The predicted molar refractivity (Wildman–Crippen MR) is 107 cm³/mol. The van der Waals surface area contributed by atoms with Crippen LogP contribution in [0.3, 0.4) is 0 Å². The van der Waals surface area contributed by atoms with E-state index in [1.54, 1.807) is 35.0 Å². The molecule has 0 aliphatic carbocycles. The van der Waals surface area contributed by atoms with Crippen molar-refractivity contribution in [1.29, 1.82) is 0 Å². The maximum Gasteiger partial charge on any atom is 0.255 e. The summed E-state index contributed by atoms with van der Waals surface area (Å²) in [5.74, 6) is 0.582. The van der Waals surface area contributed by atoms with Crippen molar-refractivity contribution in [3.05, 3.63) is 69.6 Å². The molecule has 8 nitrogen and oxygen atoms in total. The van der Waals surface area contributed by atoms with Crippen molar-refractivity contribution in [2.24, 2.45) is 0 Å². The zero-order valence-electron chi connectivity index (χ0n) is 15.6. The van der Waals surface area contributed by atoms with Crippen LogP contribution in [0, 0.1) is 0 Å². The Labute approximate surface area is 171 Å². The molecule has 3 heterocycles. The lowest BCUT2D eigenvalue weighted by Gasteiger charge is -2.27. The molecular formula is C20H18ClN5O3. The van der Waals surface area contributed by atoms with Gasteiger partial charge in [0.15, 0.2) is 0 Å². The number of hydrogen-bond acceptors (Lipinski definition) is 6. The Balaban J connectivity index is 1.70. The summed E-state index contributed by atoms with van der Waals surface area (Å²) in [4.78, 5) is 38.2. The number of ether oxygens (including phenoxy) is 1. The molecule has 0 radical (unpaired) electrons. The Hall–Kier alpha value is -3.26. The van der Waals surface area contributed by atoms with Crippen LogP contribution in [-0.4, -0.2) is 32.5 Å². The van der Waals surface area contributed by atoms with Gasteiger partial charge in [0.2, 0.25) is 0 Å². The first-order valence-corrected chi connectivity index (χ1v) is 9.47. The van der Waals surface area contributed by atoms with E-state index in [0.29, 0.717) is 46.5 Å². The number of fused-ring (bicyclic) bond motifs is 1. The predicted octanol–water partition coefficient (Wildman–Crippen LogP) is 2.63. The van der Waals surface area contributed by atoms with Gasteiger partial charge in [0.1, 0.15) is 17.9 Å². The van der Waals surface area contributed by atoms with E-state index < -0.39 is 6.04 Å². The van der Waals surface area contributed by atoms with Gasteiger partial charge in [-0.2, -0.15) is 0 Å². The Morgan fingerprint density at radius 1 is 1.28 bits per heavy atom. The van der Waals surface area contributed by atoms with E-state index >= 15 is 0 Å². The number of rotatable bonds is 4. The zero-order valence-corrected chi connectivity index (χ0v) is 16.4. The lowest BCUT2D eigenvalue weighted by Crippen LogP contribution is -2.38. The second-order valence-corrected chi connectivity index (χ2v) is 7.03. The Bertz CT molecular complexity index is 1120. The fourth-order valence-corrected chi connectivity index (χ4v) is 3.57. The van der Waals surface area contributed by atoms with Crippen molar-refractivity contribution in [2.45, 2.75) is 25.4 Å². The lowest BCUT2D eigenvalue weighted by molar-refractivity contribution is 0.0924. The Kier molecular flexibility index (Phi) is 5.26. The Morgan fingerprint density at radius 2 is 2.14 bits per heavy atom. The molecule has 1 aromatic carbocycles. The van der Waals surface area contributed by atoms with Gasteiger partial charge in [0.25, 0.3) is 11.5 Å². The average Bonchev–Trinajstić information content (AvgIpc) is 2.74. The van der Waals surface area contributed by atoms with Crippen molar-refractivity contribution in [1.82, 2.24) is 24.8 Å². The van der Waals surface area contributed by atoms with Crippen molar-refractivity contribution >= 4 is 17.5 Å². The molecule has 29 heavy (non-hydrogen) atoms. The van der Waals surface area contributed by atoms with Gasteiger partial charge in [-0.15, -0.1) is 0 Å². The number of halogens is 1. The molecule has 1 aliphatic rings. The molecule has 9 heteroatoms. The van der Waals surface area contributed by atoms with Crippen LogP contribution in [0.5, 0.6) is 5.75 Å². The van der Waals surface area contributed by atoms with Crippen LogP contribution in [0.15, 0.2) is 47.7 Å². The molecule has 148 valence electrons. The molecule has 0 saturated carbocycles. The van der Waals surface area contributed by atoms with Gasteiger partial charge in [-0.3, -0.25) is 14.2 Å². The number of amides is 1. The first kappa shape index (κ1) is 19.1. The van der Waals surface area contributed by atoms with Crippen LogP contribution in [0.4, 0.5) is 0 Å². The summed E-state index contributed by atoms with van der Waals surface area (Å²) in [5.41, 5.74) is 1.15. The molecule has 3 aromatic rings. The smallest absolute Gasteiger partial charge is 0.255 e. The summed E-state index contributed by atoms with van der Waals surface area (Å²) in [6.45, 7) is 0.554. The largest absolute Gasteiger partial charge is 0.496 e. The molecule has 2 aromatic heterocycles. The van der Waals surface area contributed by atoms with Gasteiger partial charge in [-0.05, 0) is 37.1 Å². The maximum absolute atomic E-state index is 12.9. The number of methoxy groups -OCH3 is 1. The highest BCUT2D eigenvalue weighted by Gasteiger charge is 2.26. The normalized spacial score (nSPS) is 15.4. The van der Waals surface area contributed by atoms with E-state index in [9.17, 15) is 9.59 Å². The minimum atomic E-state index is -0.422. The number of aromatic nitrogens is 4. The molecule has 0 bridgehead atoms. The topological polar surface area (TPSA) is 99.0 Å². The molecule has 1 unspecified atom stereocenters. The summed E-state index contributed by atoms with van der Waals surface area (Å²) >= 11 is 6.05. The quantitative estimate of drug-likeness (QED) is 0.708. The van der Waals surface area contributed by atoms with Gasteiger partial charge in [-0.1, -0.05) is 11.6 Å². The third-order valence-corrected chi connectivity index (χ3v) is 5.01. The monoisotopic (exact) mass is 411 g/mol. The fraction of sp³-hybridized carbons (Fsp3) is 0.250. The van der Waals surface area contributed by atoms with E-state index in [4.69, 9.17) is 16.3 Å². The number of carbonyl (C=O) groups is 1. The second kappa shape index (κ2) is 8.00. The number of carbonyl (C=O) groups excluding carboxylic acids is 1. The zero-order chi connectivity index (χ0) is 20.4. The molecule has 4 rings (SSSR count). The molecule has 1 atom stereocenters. The van der Waals surface area contributed by atoms with E-state index in [-0.39, 0.29) is 11.5 Å². The lowest BCUT2D eigenvalue weighted by atomic mass is 10.0. The third-order valence-electron chi connectivity index (χ3n) is 4.78.